The number of aromatic nitrogens is 2. The minimum Gasteiger partial charge on any atom is -0.475 e. The molecule has 13 heteroatoms. The Morgan fingerprint density at radius 2 is 1.88 bits per heavy atom. The molecule has 32 heavy (non-hydrogen) atoms. The van der Waals surface area contributed by atoms with Crippen molar-refractivity contribution in [3.05, 3.63) is 18.1 Å². The number of ether oxygens (including phenoxy) is 1. The first-order valence-corrected chi connectivity index (χ1v) is 10.0. The van der Waals surface area contributed by atoms with Crippen LogP contribution in [0.4, 0.5) is 19.0 Å². The van der Waals surface area contributed by atoms with Crippen molar-refractivity contribution < 1.29 is 32.6 Å². The first-order valence-electron chi connectivity index (χ1n) is 10.0. The van der Waals surface area contributed by atoms with E-state index in [1.165, 1.54) is 0 Å². The molecule has 2 atom stereocenters. The van der Waals surface area contributed by atoms with Gasteiger partial charge >= 0.3 is 18.1 Å². The maximum atomic E-state index is 11.4. The Bertz CT molecular complexity index is 781. The molecule has 1 saturated heterocycles. The Morgan fingerprint density at radius 3 is 2.34 bits per heavy atom. The summed E-state index contributed by atoms with van der Waals surface area (Å²) in [6, 6.07) is 2.15. The van der Waals surface area contributed by atoms with Gasteiger partial charge in [0.1, 0.15) is 11.6 Å². The largest absolute Gasteiger partial charge is 0.490 e. The highest BCUT2D eigenvalue weighted by Crippen LogP contribution is 2.20. The van der Waals surface area contributed by atoms with E-state index in [-0.39, 0.29) is 24.0 Å². The third-order valence-corrected chi connectivity index (χ3v) is 4.50. The highest BCUT2D eigenvalue weighted by Gasteiger charge is 2.38. The summed E-state index contributed by atoms with van der Waals surface area (Å²) < 4.78 is 36.9. The molecule has 1 aliphatic heterocycles. The molecule has 0 amide bonds. The van der Waals surface area contributed by atoms with Crippen LogP contribution in [0.5, 0.6) is 0 Å². The number of nitrogens with zero attached hydrogens (tertiary/aromatic N) is 4. The number of alkyl halides is 3. The van der Waals surface area contributed by atoms with Crippen molar-refractivity contribution >= 4 is 23.7 Å². The summed E-state index contributed by atoms with van der Waals surface area (Å²) in [4.78, 5) is 33.3. The molecule has 0 unspecified atom stereocenters. The molecule has 180 valence electrons. The second-order valence-electron chi connectivity index (χ2n) is 7.25. The number of hydrogen-bond acceptors (Lipinski definition) is 7. The molecule has 1 fully saturated rings. The van der Waals surface area contributed by atoms with E-state index in [9.17, 15) is 18.0 Å². The number of carboxylic acid groups (broad SMARTS) is 1. The normalized spacial score (nSPS) is 18.4. The topological polar surface area (TPSA) is 146 Å². The molecule has 0 spiro atoms. The molecule has 0 radical (unpaired) electrons. The predicted molar refractivity (Wildman–Crippen MR) is 110 cm³/mol. The monoisotopic (exact) mass is 462 g/mol. The van der Waals surface area contributed by atoms with Crippen LogP contribution in [0, 0.1) is 5.41 Å². The van der Waals surface area contributed by atoms with Gasteiger partial charge in [-0.3, -0.25) is 10.2 Å². The molecule has 1 aromatic heterocycles. The summed E-state index contributed by atoms with van der Waals surface area (Å²) in [5, 5.41) is 14.8. The Labute approximate surface area is 184 Å². The van der Waals surface area contributed by atoms with Crippen LogP contribution in [0.2, 0.25) is 0 Å². The first kappa shape index (κ1) is 26.9. The Hall–Kier alpha value is -3.12. The highest BCUT2D eigenvalue weighted by atomic mass is 19.4. The Kier molecular flexibility index (Phi) is 10.1. The Morgan fingerprint density at radius 1 is 1.31 bits per heavy atom. The van der Waals surface area contributed by atoms with E-state index in [0.29, 0.717) is 25.3 Å². The third-order valence-electron chi connectivity index (χ3n) is 4.50. The molecule has 0 bridgehead atoms. The fourth-order valence-corrected chi connectivity index (χ4v) is 3.20. The van der Waals surface area contributed by atoms with Gasteiger partial charge in [0.05, 0.1) is 6.61 Å². The number of guanidine groups is 1. The van der Waals surface area contributed by atoms with Gasteiger partial charge in [-0.1, -0.05) is 6.92 Å². The third kappa shape index (κ3) is 8.55. The number of esters is 1. The number of halogens is 3. The number of carboxylic acids is 1. The van der Waals surface area contributed by atoms with Gasteiger partial charge in [0, 0.05) is 44.2 Å². The lowest BCUT2D eigenvalue weighted by atomic mass is 10.1. The van der Waals surface area contributed by atoms with Crippen molar-refractivity contribution in [1.82, 2.24) is 14.9 Å². The summed E-state index contributed by atoms with van der Waals surface area (Å²) in [6.07, 6.45) is -1.62. The quantitative estimate of drug-likeness (QED) is 0.327. The van der Waals surface area contributed by atoms with Gasteiger partial charge in [0.2, 0.25) is 0 Å². The van der Waals surface area contributed by atoms with Gasteiger partial charge in [0.25, 0.3) is 0 Å². The fraction of sp³-hybridized carbons (Fsp3) is 0.632. The standard InChI is InChI=1S/C17H28N6O2.C2HF3O2/c1-4-5-16(24)25-9-7-14-20-8-6-15(21-14)22-10-12(2)23(17(18)19)13(3)11-22;3-2(4,5)1(6)7/h6,8,12-13H,4-5,7,9-11H2,1-3H3,(H3,18,19);(H,6,7)/t12-,13+;. The minimum absolute atomic E-state index is 0.108. The lowest BCUT2D eigenvalue weighted by Crippen LogP contribution is -2.60. The smallest absolute Gasteiger partial charge is 0.475 e. The molecule has 4 N–H and O–H groups in total. The lowest BCUT2D eigenvalue weighted by Gasteiger charge is -2.45. The SMILES string of the molecule is CCCC(=O)OCCc1nccc(N2C[C@@H](C)N(C(=N)N)[C@@H](C)C2)n1.O=C(O)C(F)(F)F. The van der Waals surface area contributed by atoms with Crippen LogP contribution in [-0.2, 0) is 20.7 Å². The van der Waals surface area contributed by atoms with Gasteiger partial charge in [-0.2, -0.15) is 13.2 Å². The second kappa shape index (κ2) is 12.1. The molecular formula is C19H29F3N6O4. The van der Waals surface area contributed by atoms with Gasteiger partial charge in [-0.05, 0) is 26.3 Å². The number of carbonyl (C=O) groups is 2. The van der Waals surface area contributed by atoms with E-state index < -0.39 is 12.1 Å². The van der Waals surface area contributed by atoms with Crippen LogP contribution in [0.25, 0.3) is 0 Å². The number of piperazine rings is 1. The second-order valence-corrected chi connectivity index (χ2v) is 7.25. The molecule has 2 heterocycles. The zero-order valence-corrected chi connectivity index (χ0v) is 18.2. The minimum atomic E-state index is -5.08. The van der Waals surface area contributed by atoms with E-state index in [1.54, 1.807) is 6.20 Å². The number of aliphatic carboxylic acids is 1. The number of carbonyl (C=O) groups excluding carboxylic acids is 1. The van der Waals surface area contributed by atoms with E-state index >= 15 is 0 Å². The van der Waals surface area contributed by atoms with Crippen molar-refractivity contribution in [3.63, 3.8) is 0 Å². The van der Waals surface area contributed by atoms with Gasteiger partial charge < -0.3 is 25.4 Å². The van der Waals surface area contributed by atoms with Crippen molar-refractivity contribution in [2.45, 2.75) is 58.3 Å². The molecule has 2 rings (SSSR count). The summed E-state index contributed by atoms with van der Waals surface area (Å²) in [5.41, 5.74) is 5.68. The number of nitrogens with two attached hydrogens (primary N) is 1. The Balaban J connectivity index is 0.000000633. The van der Waals surface area contributed by atoms with E-state index in [2.05, 4.69) is 28.7 Å². The average molecular weight is 462 g/mol. The van der Waals surface area contributed by atoms with Gasteiger partial charge in [-0.15, -0.1) is 0 Å². The number of nitrogens with one attached hydrogen (secondary N) is 1. The van der Waals surface area contributed by atoms with Gasteiger partial charge in [0.15, 0.2) is 5.96 Å². The zero-order chi connectivity index (χ0) is 24.5. The first-order chi connectivity index (χ1) is 14.9. The molecule has 0 saturated carbocycles. The van der Waals surface area contributed by atoms with Crippen molar-refractivity contribution in [2.24, 2.45) is 5.73 Å². The van der Waals surface area contributed by atoms with Crippen LogP contribution in [0.15, 0.2) is 12.3 Å². The maximum absolute atomic E-state index is 11.4. The molecule has 0 aliphatic carbocycles. The molecule has 10 nitrogen and oxygen atoms in total. The van der Waals surface area contributed by atoms with E-state index in [1.807, 2.05) is 17.9 Å². The summed E-state index contributed by atoms with van der Waals surface area (Å²) in [5.74, 6) is -1.31. The number of rotatable bonds is 6. The van der Waals surface area contributed by atoms with Crippen molar-refractivity contribution in [3.8, 4) is 0 Å². The summed E-state index contributed by atoms with van der Waals surface area (Å²) in [6.45, 7) is 7.84. The number of hydrogen-bond donors (Lipinski definition) is 3. The molecule has 1 aliphatic rings. The predicted octanol–water partition coefficient (Wildman–Crippen LogP) is 1.79. The van der Waals surface area contributed by atoms with Crippen LogP contribution in [0.3, 0.4) is 0 Å². The van der Waals surface area contributed by atoms with Crippen molar-refractivity contribution in [2.75, 3.05) is 24.6 Å². The van der Waals surface area contributed by atoms with Crippen LogP contribution in [0.1, 0.15) is 39.4 Å². The average Bonchev–Trinajstić information content (AvgIpc) is 2.67. The summed E-state index contributed by atoms with van der Waals surface area (Å²) >= 11 is 0. The fourth-order valence-electron chi connectivity index (χ4n) is 3.20. The van der Waals surface area contributed by atoms with Crippen LogP contribution in [-0.4, -0.2) is 75.8 Å². The summed E-state index contributed by atoms with van der Waals surface area (Å²) in [7, 11) is 0. The van der Waals surface area contributed by atoms with Crippen LogP contribution >= 0.6 is 0 Å². The van der Waals surface area contributed by atoms with Gasteiger partial charge in [-0.25, -0.2) is 14.8 Å². The maximum Gasteiger partial charge on any atom is 0.490 e. The van der Waals surface area contributed by atoms with Crippen molar-refractivity contribution in [1.29, 1.82) is 5.41 Å². The number of anilines is 1. The lowest BCUT2D eigenvalue weighted by molar-refractivity contribution is -0.192. The van der Waals surface area contributed by atoms with E-state index in [0.717, 1.165) is 25.3 Å². The molecular weight excluding hydrogens is 433 g/mol. The van der Waals surface area contributed by atoms with Crippen LogP contribution < -0.4 is 10.6 Å². The van der Waals surface area contributed by atoms with E-state index in [4.69, 9.17) is 25.8 Å². The molecule has 1 aromatic rings. The highest BCUT2D eigenvalue weighted by molar-refractivity contribution is 5.75. The zero-order valence-electron chi connectivity index (χ0n) is 18.2. The molecule has 0 aromatic carbocycles.